The maximum absolute atomic E-state index is 8.86. The summed E-state index contributed by atoms with van der Waals surface area (Å²) in [5.74, 6) is 1.83. The Balaban J connectivity index is 1.68. The summed E-state index contributed by atoms with van der Waals surface area (Å²) in [5, 5.41) is 21.5. The third kappa shape index (κ3) is 4.01. The zero-order chi connectivity index (χ0) is 18.5. The van der Waals surface area contributed by atoms with E-state index in [-0.39, 0.29) is 0 Å². The number of thioether (sulfide) groups is 1. The van der Waals surface area contributed by atoms with Gasteiger partial charge in [0.2, 0.25) is 0 Å². The maximum atomic E-state index is 8.86. The van der Waals surface area contributed by atoms with Crippen LogP contribution in [0.15, 0.2) is 47.6 Å². The van der Waals surface area contributed by atoms with Crippen LogP contribution >= 0.6 is 11.8 Å². The third-order valence-corrected chi connectivity index (χ3v) is 6.29. The second-order valence-corrected chi connectivity index (χ2v) is 8.19. The SMILES string of the molecule is N#CCCSc1nnc(Cc2cccc3ccccc23)n1C1CCCCC1. The van der Waals surface area contributed by atoms with Gasteiger partial charge in [-0.3, -0.25) is 0 Å². The van der Waals surface area contributed by atoms with Gasteiger partial charge in [0.1, 0.15) is 5.82 Å². The number of nitriles is 1. The molecule has 27 heavy (non-hydrogen) atoms. The Morgan fingerprint density at radius 3 is 2.70 bits per heavy atom. The fourth-order valence-electron chi connectivity index (χ4n) is 4.04. The molecule has 0 saturated heterocycles. The van der Waals surface area contributed by atoms with Crippen LogP contribution in [-0.2, 0) is 6.42 Å². The molecule has 2 aromatic carbocycles. The summed E-state index contributed by atoms with van der Waals surface area (Å²) < 4.78 is 2.38. The number of aromatic nitrogens is 3. The molecule has 0 atom stereocenters. The molecule has 0 radical (unpaired) electrons. The van der Waals surface area contributed by atoms with Crippen molar-refractivity contribution in [1.29, 1.82) is 5.26 Å². The van der Waals surface area contributed by atoms with E-state index in [1.807, 2.05) is 0 Å². The standard InChI is InChI=1S/C22H24N4S/c23-14-7-15-27-22-25-24-21(26(22)19-11-2-1-3-12-19)16-18-10-6-9-17-8-4-5-13-20(17)18/h4-6,8-10,13,19H,1-3,7,11-12,15-16H2. The zero-order valence-electron chi connectivity index (χ0n) is 15.5. The van der Waals surface area contributed by atoms with Gasteiger partial charge in [0.15, 0.2) is 5.16 Å². The average Bonchev–Trinajstić information content (AvgIpc) is 3.11. The first-order valence-corrected chi connectivity index (χ1v) is 10.8. The maximum Gasteiger partial charge on any atom is 0.191 e. The fraction of sp³-hybridized carbons (Fsp3) is 0.409. The smallest absolute Gasteiger partial charge is 0.191 e. The Morgan fingerprint density at radius 1 is 1.04 bits per heavy atom. The molecule has 1 heterocycles. The molecule has 0 N–H and O–H groups in total. The molecule has 4 nitrogen and oxygen atoms in total. The van der Waals surface area contributed by atoms with Crippen LogP contribution in [0, 0.1) is 11.3 Å². The van der Waals surface area contributed by atoms with Crippen molar-refractivity contribution in [1.82, 2.24) is 14.8 Å². The Hall–Kier alpha value is -2.32. The second kappa shape index (κ2) is 8.58. The van der Waals surface area contributed by atoms with E-state index in [4.69, 9.17) is 5.26 Å². The molecule has 0 unspecified atom stereocenters. The van der Waals surface area contributed by atoms with Gasteiger partial charge >= 0.3 is 0 Å². The largest absolute Gasteiger partial charge is 0.303 e. The summed E-state index contributed by atoms with van der Waals surface area (Å²) in [6.07, 6.45) is 7.62. The predicted molar refractivity (Wildman–Crippen MR) is 110 cm³/mol. The number of rotatable bonds is 6. The summed E-state index contributed by atoms with van der Waals surface area (Å²) in [6, 6.07) is 17.7. The summed E-state index contributed by atoms with van der Waals surface area (Å²) in [4.78, 5) is 0. The topological polar surface area (TPSA) is 54.5 Å². The van der Waals surface area contributed by atoms with Gasteiger partial charge < -0.3 is 4.57 Å². The molecule has 0 spiro atoms. The zero-order valence-corrected chi connectivity index (χ0v) is 16.3. The van der Waals surface area contributed by atoms with Crippen molar-refractivity contribution in [3.63, 3.8) is 0 Å². The normalized spacial score (nSPS) is 15.1. The molecule has 0 amide bonds. The average molecular weight is 377 g/mol. The summed E-state index contributed by atoms with van der Waals surface area (Å²) in [6.45, 7) is 0. The lowest BCUT2D eigenvalue weighted by Crippen LogP contribution is -2.17. The van der Waals surface area contributed by atoms with Crippen molar-refractivity contribution in [2.75, 3.05) is 5.75 Å². The highest BCUT2D eigenvalue weighted by molar-refractivity contribution is 7.99. The van der Waals surface area contributed by atoms with Gasteiger partial charge in [-0.05, 0) is 29.2 Å². The molecule has 1 saturated carbocycles. The van der Waals surface area contributed by atoms with Crippen LogP contribution in [-0.4, -0.2) is 20.5 Å². The third-order valence-electron chi connectivity index (χ3n) is 5.35. The second-order valence-electron chi connectivity index (χ2n) is 7.13. The van der Waals surface area contributed by atoms with Gasteiger partial charge in [-0.25, -0.2) is 0 Å². The van der Waals surface area contributed by atoms with Crippen LogP contribution in [0.4, 0.5) is 0 Å². The number of fused-ring (bicyclic) bond motifs is 1. The first kappa shape index (κ1) is 18.1. The number of benzene rings is 2. The van der Waals surface area contributed by atoms with Crippen LogP contribution in [0.3, 0.4) is 0 Å². The summed E-state index contributed by atoms with van der Waals surface area (Å²) in [5.41, 5.74) is 1.30. The van der Waals surface area contributed by atoms with Crippen LogP contribution < -0.4 is 0 Å². The number of hydrogen-bond donors (Lipinski definition) is 0. The van der Waals surface area contributed by atoms with Crippen LogP contribution in [0.25, 0.3) is 10.8 Å². The molecular weight excluding hydrogens is 352 g/mol. The van der Waals surface area contributed by atoms with E-state index >= 15 is 0 Å². The van der Waals surface area contributed by atoms with Crippen LogP contribution in [0.5, 0.6) is 0 Å². The Kier molecular flexibility index (Phi) is 5.74. The van der Waals surface area contributed by atoms with E-state index in [2.05, 4.69) is 63.3 Å². The molecule has 1 aliphatic rings. The Labute approximate surface area is 164 Å². The molecule has 3 aromatic rings. The quantitative estimate of drug-likeness (QED) is 0.419. The van der Waals surface area contributed by atoms with E-state index in [0.29, 0.717) is 12.5 Å². The first-order valence-electron chi connectivity index (χ1n) is 9.77. The van der Waals surface area contributed by atoms with E-state index in [9.17, 15) is 0 Å². The molecule has 0 aliphatic heterocycles. The Morgan fingerprint density at radius 2 is 1.85 bits per heavy atom. The summed E-state index contributed by atoms with van der Waals surface area (Å²) in [7, 11) is 0. The predicted octanol–water partition coefficient (Wildman–Crippen LogP) is 5.53. The lowest BCUT2D eigenvalue weighted by molar-refractivity contribution is 0.330. The van der Waals surface area contributed by atoms with Gasteiger partial charge in [0.25, 0.3) is 0 Å². The molecule has 5 heteroatoms. The van der Waals surface area contributed by atoms with Gasteiger partial charge in [0.05, 0.1) is 6.07 Å². The van der Waals surface area contributed by atoms with Gasteiger partial charge in [-0.15, -0.1) is 10.2 Å². The van der Waals surface area contributed by atoms with Crippen molar-refractivity contribution in [3.8, 4) is 6.07 Å². The summed E-state index contributed by atoms with van der Waals surface area (Å²) >= 11 is 1.67. The molecule has 1 fully saturated rings. The lowest BCUT2D eigenvalue weighted by Gasteiger charge is -2.25. The van der Waals surface area contributed by atoms with E-state index in [0.717, 1.165) is 23.2 Å². The van der Waals surface area contributed by atoms with E-state index < -0.39 is 0 Å². The first-order chi connectivity index (χ1) is 13.4. The minimum absolute atomic E-state index is 0.489. The molecule has 138 valence electrons. The van der Waals surface area contributed by atoms with Gasteiger partial charge in [0, 0.05) is 24.6 Å². The van der Waals surface area contributed by atoms with Crippen molar-refractivity contribution in [3.05, 3.63) is 53.9 Å². The highest BCUT2D eigenvalue weighted by Gasteiger charge is 2.23. The van der Waals surface area contributed by atoms with Crippen LogP contribution in [0.1, 0.15) is 56.0 Å². The molecule has 1 aliphatic carbocycles. The molecular formula is C22H24N4S. The highest BCUT2D eigenvalue weighted by atomic mass is 32.2. The molecule has 0 bridgehead atoms. The van der Waals surface area contributed by atoms with E-state index in [1.54, 1.807) is 11.8 Å². The Bertz CT molecular complexity index is 945. The highest BCUT2D eigenvalue weighted by Crippen LogP contribution is 2.33. The van der Waals surface area contributed by atoms with Crippen molar-refractivity contribution in [2.45, 2.75) is 56.1 Å². The number of nitrogens with zero attached hydrogens (tertiary/aromatic N) is 4. The number of hydrogen-bond acceptors (Lipinski definition) is 4. The van der Waals surface area contributed by atoms with Gasteiger partial charge in [-0.2, -0.15) is 5.26 Å². The minimum Gasteiger partial charge on any atom is -0.303 e. The van der Waals surface area contributed by atoms with Crippen molar-refractivity contribution in [2.24, 2.45) is 0 Å². The minimum atomic E-state index is 0.489. The van der Waals surface area contributed by atoms with Crippen LogP contribution in [0.2, 0.25) is 0 Å². The van der Waals surface area contributed by atoms with Crippen molar-refractivity contribution < 1.29 is 0 Å². The van der Waals surface area contributed by atoms with Gasteiger partial charge in [-0.1, -0.05) is 73.5 Å². The monoisotopic (exact) mass is 376 g/mol. The van der Waals surface area contributed by atoms with Crippen molar-refractivity contribution >= 4 is 22.5 Å². The molecule has 4 rings (SSSR count). The van der Waals surface area contributed by atoms with E-state index in [1.165, 1.54) is 48.4 Å². The fourth-order valence-corrected chi connectivity index (χ4v) is 4.91. The molecule has 1 aromatic heterocycles. The lowest BCUT2D eigenvalue weighted by atomic mass is 9.95.